The van der Waals surface area contributed by atoms with E-state index in [4.69, 9.17) is 5.73 Å². The number of amides is 1. The summed E-state index contributed by atoms with van der Waals surface area (Å²) in [4.78, 5) is 10.8. The highest BCUT2D eigenvalue weighted by Gasteiger charge is 2.01. The lowest BCUT2D eigenvalue weighted by atomic mass is 10.0. The Bertz CT molecular complexity index is 272. The molecule has 0 aromatic carbocycles. The number of nitrogens with two attached hydrogens (primary N) is 1. The fourth-order valence-electron chi connectivity index (χ4n) is 1.12. The molecule has 2 heteroatoms. The quantitative estimate of drug-likeness (QED) is 0.628. The zero-order chi connectivity index (χ0) is 8.97. The van der Waals surface area contributed by atoms with E-state index in [-0.39, 0.29) is 5.91 Å². The summed E-state index contributed by atoms with van der Waals surface area (Å²) in [5, 5.41) is 0. The molecule has 1 aliphatic rings. The smallest absolute Gasteiger partial charge is 0.248 e. The van der Waals surface area contributed by atoms with E-state index in [0.717, 1.165) is 12.8 Å². The van der Waals surface area contributed by atoms with E-state index in [1.165, 1.54) is 5.57 Å². The summed E-state index contributed by atoms with van der Waals surface area (Å²) < 4.78 is 0. The van der Waals surface area contributed by atoms with Gasteiger partial charge in [-0.1, -0.05) is 23.8 Å². The highest BCUT2D eigenvalue weighted by molar-refractivity contribution is 5.95. The Balaban J connectivity index is 2.92. The number of hydrogen-bond donors (Lipinski definition) is 1. The zero-order valence-corrected chi connectivity index (χ0v) is 7.21. The van der Waals surface area contributed by atoms with E-state index in [1.807, 2.05) is 25.2 Å². The Morgan fingerprint density at radius 3 is 3.00 bits per heavy atom. The average Bonchev–Trinajstić information content (AvgIpc) is 1.95. The van der Waals surface area contributed by atoms with Crippen molar-refractivity contribution in [1.29, 1.82) is 0 Å². The van der Waals surface area contributed by atoms with E-state index in [0.29, 0.717) is 5.57 Å². The van der Waals surface area contributed by atoms with Gasteiger partial charge in [0.15, 0.2) is 0 Å². The first-order valence-electron chi connectivity index (χ1n) is 4.04. The minimum atomic E-state index is -0.360. The van der Waals surface area contributed by atoms with Gasteiger partial charge < -0.3 is 5.73 Å². The summed E-state index contributed by atoms with van der Waals surface area (Å²) in [6.07, 6.45) is 9.56. The minimum Gasteiger partial charge on any atom is -0.366 e. The zero-order valence-electron chi connectivity index (χ0n) is 7.21. The summed E-state index contributed by atoms with van der Waals surface area (Å²) in [6.45, 7) is 2.01. The maximum absolute atomic E-state index is 10.8. The fourth-order valence-corrected chi connectivity index (χ4v) is 1.12. The van der Waals surface area contributed by atoms with Crippen LogP contribution in [0.4, 0.5) is 0 Å². The van der Waals surface area contributed by atoms with Gasteiger partial charge in [0.05, 0.1) is 0 Å². The van der Waals surface area contributed by atoms with E-state index in [1.54, 1.807) is 6.08 Å². The van der Waals surface area contributed by atoms with Crippen LogP contribution < -0.4 is 5.73 Å². The van der Waals surface area contributed by atoms with Gasteiger partial charge in [0.2, 0.25) is 5.91 Å². The van der Waals surface area contributed by atoms with Crippen molar-refractivity contribution in [1.82, 2.24) is 0 Å². The molecule has 0 saturated carbocycles. The van der Waals surface area contributed by atoms with Gasteiger partial charge in [0, 0.05) is 5.57 Å². The van der Waals surface area contributed by atoms with Crippen LogP contribution in [0.2, 0.25) is 0 Å². The number of hydrogen-bond acceptors (Lipinski definition) is 1. The maximum Gasteiger partial charge on any atom is 0.248 e. The predicted octanol–water partition coefficient (Wildman–Crippen LogP) is 1.69. The number of allylic oxidation sites excluding steroid dienone is 4. The second-order valence-electron chi connectivity index (χ2n) is 2.94. The highest BCUT2D eigenvalue weighted by Crippen LogP contribution is 2.11. The maximum atomic E-state index is 10.8. The average molecular weight is 163 g/mol. The van der Waals surface area contributed by atoms with Crippen LogP contribution in [0.15, 0.2) is 35.5 Å². The van der Waals surface area contributed by atoms with Crippen LogP contribution in [0.5, 0.6) is 0 Å². The van der Waals surface area contributed by atoms with E-state index < -0.39 is 0 Å². The summed E-state index contributed by atoms with van der Waals surface area (Å²) >= 11 is 0. The molecular formula is C10H13NO. The van der Waals surface area contributed by atoms with E-state index >= 15 is 0 Å². The molecule has 0 aliphatic heterocycles. The van der Waals surface area contributed by atoms with Gasteiger partial charge in [-0.2, -0.15) is 0 Å². The Morgan fingerprint density at radius 2 is 2.33 bits per heavy atom. The molecule has 1 aliphatic carbocycles. The number of carbonyl (C=O) groups is 1. The third-order valence-corrected chi connectivity index (χ3v) is 1.80. The lowest BCUT2D eigenvalue weighted by molar-refractivity contribution is -0.114. The van der Waals surface area contributed by atoms with Crippen molar-refractivity contribution in [3.63, 3.8) is 0 Å². The SMILES string of the molecule is CC1=CC(C(N)=O)=CC=CCC1. The van der Waals surface area contributed by atoms with Crippen molar-refractivity contribution < 1.29 is 4.79 Å². The van der Waals surface area contributed by atoms with Crippen LogP contribution in [0.25, 0.3) is 0 Å². The standard InChI is InChI=1S/C10H13NO/c1-8-5-3-2-4-6-9(7-8)10(11)12/h2,4,6-7H,3,5H2,1H3,(H2,11,12). The molecule has 64 valence electrons. The summed E-state index contributed by atoms with van der Waals surface area (Å²) in [5.74, 6) is -0.360. The first-order valence-corrected chi connectivity index (χ1v) is 4.04. The molecule has 12 heavy (non-hydrogen) atoms. The van der Waals surface area contributed by atoms with Crippen molar-refractivity contribution in [3.8, 4) is 0 Å². The Hall–Kier alpha value is -1.31. The van der Waals surface area contributed by atoms with Gasteiger partial charge in [-0.25, -0.2) is 0 Å². The van der Waals surface area contributed by atoms with Crippen molar-refractivity contribution in [2.24, 2.45) is 5.73 Å². The van der Waals surface area contributed by atoms with Gasteiger partial charge in [0.1, 0.15) is 0 Å². The molecule has 0 heterocycles. The van der Waals surface area contributed by atoms with Crippen LogP contribution in [-0.4, -0.2) is 5.91 Å². The molecule has 0 bridgehead atoms. The van der Waals surface area contributed by atoms with Crippen molar-refractivity contribution in [3.05, 3.63) is 35.5 Å². The lowest BCUT2D eigenvalue weighted by Gasteiger charge is -2.02. The van der Waals surface area contributed by atoms with Crippen molar-refractivity contribution in [2.45, 2.75) is 19.8 Å². The molecular weight excluding hydrogens is 150 g/mol. The summed E-state index contributed by atoms with van der Waals surface area (Å²) in [6, 6.07) is 0. The monoisotopic (exact) mass is 163 g/mol. The van der Waals surface area contributed by atoms with Gasteiger partial charge in [-0.3, -0.25) is 4.79 Å². The molecule has 0 saturated heterocycles. The Morgan fingerprint density at radius 1 is 1.58 bits per heavy atom. The van der Waals surface area contributed by atoms with Gasteiger partial charge in [0.25, 0.3) is 0 Å². The van der Waals surface area contributed by atoms with Crippen LogP contribution >= 0.6 is 0 Å². The molecule has 2 nitrogen and oxygen atoms in total. The first-order chi connectivity index (χ1) is 5.70. The summed E-state index contributed by atoms with van der Waals surface area (Å²) in [5.41, 5.74) is 6.95. The molecule has 1 rings (SSSR count). The molecule has 0 radical (unpaired) electrons. The van der Waals surface area contributed by atoms with Crippen molar-refractivity contribution >= 4 is 5.91 Å². The molecule has 2 N–H and O–H groups in total. The van der Waals surface area contributed by atoms with Gasteiger partial charge in [-0.15, -0.1) is 0 Å². The van der Waals surface area contributed by atoms with Crippen LogP contribution in [0.3, 0.4) is 0 Å². The van der Waals surface area contributed by atoms with Crippen LogP contribution in [0, 0.1) is 0 Å². The Kier molecular flexibility index (Phi) is 2.86. The molecule has 0 spiro atoms. The van der Waals surface area contributed by atoms with Crippen LogP contribution in [0.1, 0.15) is 19.8 Å². The summed E-state index contributed by atoms with van der Waals surface area (Å²) in [7, 11) is 0. The van der Waals surface area contributed by atoms with E-state index in [2.05, 4.69) is 0 Å². The number of carbonyl (C=O) groups excluding carboxylic acids is 1. The number of primary amides is 1. The Labute approximate surface area is 72.5 Å². The fraction of sp³-hybridized carbons (Fsp3) is 0.300. The van der Waals surface area contributed by atoms with Crippen molar-refractivity contribution in [2.75, 3.05) is 0 Å². The van der Waals surface area contributed by atoms with E-state index in [9.17, 15) is 4.79 Å². The lowest BCUT2D eigenvalue weighted by Crippen LogP contribution is -2.12. The third-order valence-electron chi connectivity index (χ3n) is 1.80. The highest BCUT2D eigenvalue weighted by atomic mass is 16.1. The molecule has 0 aromatic rings. The minimum absolute atomic E-state index is 0.360. The second-order valence-corrected chi connectivity index (χ2v) is 2.94. The molecule has 1 amide bonds. The third kappa shape index (κ3) is 2.38. The molecule has 0 unspecified atom stereocenters. The van der Waals surface area contributed by atoms with Gasteiger partial charge in [-0.05, 0) is 25.8 Å². The van der Waals surface area contributed by atoms with Gasteiger partial charge >= 0.3 is 0 Å². The predicted molar refractivity (Wildman–Crippen MR) is 49.4 cm³/mol. The molecule has 0 atom stereocenters. The molecule has 0 fully saturated rings. The molecule has 0 aromatic heterocycles. The largest absolute Gasteiger partial charge is 0.366 e. The normalized spacial score (nSPS) is 17.4. The first kappa shape index (κ1) is 8.78. The number of rotatable bonds is 1. The topological polar surface area (TPSA) is 43.1 Å². The second kappa shape index (κ2) is 3.90. The van der Waals surface area contributed by atoms with Crippen LogP contribution in [-0.2, 0) is 4.79 Å².